The molecule has 0 saturated carbocycles. The van der Waals surface area contributed by atoms with Crippen LogP contribution in [-0.4, -0.2) is 49.4 Å². The van der Waals surface area contributed by atoms with Crippen molar-refractivity contribution in [3.05, 3.63) is 62.7 Å². The molecule has 136 valence electrons. The molecule has 26 heavy (non-hydrogen) atoms. The third kappa shape index (κ3) is 4.67. The maximum Gasteiger partial charge on any atom is 0.252 e. The molecule has 1 saturated heterocycles. The van der Waals surface area contributed by atoms with Gasteiger partial charge in [-0.25, -0.2) is 0 Å². The van der Waals surface area contributed by atoms with Gasteiger partial charge in [0, 0.05) is 40.5 Å². The summed E-state index contributed by atoms with van der Waals surface area (Å²) in [6, 6.07) is 15.3. The molecule has 0 bridgehead atoms. The molecule has 1 heterocycles. The number of carbonyl (C=O) groups is 2. The SMILES string of the molecule is O=C(NCC(=O)N1CCN(c2ccccc2)CC1)c1cc(Cl)ccc1I. The van der Waals surface area contributed by atoms with E-state index in [4.69, 9.17) is 11.6 Å². The minimum absolute atomic E-state index is 0.00718. The summed E-state index contributed by atoms with van der Waals surface area (Å²) in [6.07, 6.45) is 0. The highest BCUT2D eigenvalue weighted by atomic mass is 127. The fourth-order valence-corrected chi connectivity index (χ4v) is 3.64. The maximum absolute atomic E-state index is 12.4. The first-order valence-electron chi connectivity index (χ1n) is 8.35. The quantitative estimate of drug-likeness (QED) is 0.680. The van der Waals surface area contributed by atoms with E-state index in [9.17, 15) is 9.59 Å². The molecular weight excluding hydrogens is 465 g/mol. The molecule has 2 amide bonds. The lowest BCUT2D eigenvalue weighted by Gasteiger charge is -2.36. The topological polar surface area (TPSA) is 52.7 Å². The van der Waals surface area contributed by atoms with Crippen LogP contribution in [0.3, 0.4) is 0 Å². The van der Waals surface area contributed by atoms with Crippen LogP contribution in [0.1, 0.15) is 10.4 Å². The number of nitrogens with zero attached hydrogens (tertiary/aromatic N) is 2. The average Bonchev–Trinajstić information content (AvgIpc) is 2.68. The maximum atomic E-state index is 12.4. The smallest absolute Gasteiger partial charge is 0.252 e. The summed E-state index contributed by atoms with van der Waals surface area (Å²) in [4.78, 5) is 28.7. The molecular formula is C19H19ClIN3O2. The molecule has 2 aromatic carbocycles. The summed E-state index contributed by atoms with van der Waals surface area (Å²) in [5.41, 5.74) is 1.66. The van der Waals surface area contributed by atoms with Gasteiger partial charge in [0.1, 0.15) is 0 Å². The summed E-state index contributed by atoms with van der Waals surface area (Å²) in [5.74, 6) is -0.351. The number of benzene rings is 2. The number of nitrogens with one attached hydrogen (secondary N) is 1. The van der Waals surface area contributed by atoms with Crippen molar-refractivity contribution in [2.45, 2.75) is 0 Å². The van der Waals surface area contributed by atoms with Crippen molar-refractivity contribution in [1.29, 1.82) is 0 Å². The van der Waals surface area contributed by atoms with Crippen LogP contribution in [0.5, 0.6) is 0 Å². The second-order valence-electron chi connectivity index (χ2n) is 6.01. The molecule has 2 aromatic rings. The van der Waals surface area contributed by atoms with Crippen LogP contribution in [0.4, 0.5) is 5.69 Å². The number of piperazine rings is 1. The zero-order valence-corrected chi connectivity index (χ0v) is 17.0. The number of rotatable bonds is 4. The predicted octanol–water partition coefficient (Wildman–Crippen LogP) is 3.02. The third-order valence-electron chi connectivity index (χ3n) is 4.33. The van der Waals surface area contributed by atoms with Gasteiger partial charge in [-0.15, -0.1) is 0 Å². The van der Waals surface area contributed by atoms with Gasteiger partial charge in [-0.05, 0) is 52.9 Å². The Hall–Kier alpha value is -1.80. The van der Waals surface area contributed by atoms with E-state index in [1.807, 2.05) is 18.2 Å². The molecule has 7 heteroatoms. The summed E-state index contributed by atoms with van der Waals surface area (Å²) in [5, 5.41) is 3.20. The van der Waals surface area contributed by atoms with Crippen LogP contribution in [0, 0.1) is 3.57 Å². The molecule has 0 aromatic heterocycles. The number of hydrogen-bond donors (Lipinski definition) is 1. The highest BCUT2D eigenvalue weighted by molar-refractivity contribution is 14.1. The fourth-order valence-electron chi connectivity index (χ4n) is 2.89. The molecule has 1 aliphatic heterocycles. The Bertz CT molecular complexity index is 793. The van der Waals surface area contributed by atoms with Crippen LogP contribution < -0.4 is 10.2 Å². The summed E-state index contributed by atoms with van der Waals surface area (Å²) < 4.78 is 0.799. The van der Waals surface area contributed by atoms with Gasteiger partial charge in [0.25, 0.3) is 5.91 Å². The molecule has 0 aliphatic carbocycles. The van der Waals surface area contributed by atoms with Crippen molar-refractivity contribution in [3.63, 3.8) is 0 Å². The number of hydrogen-bond acceptors (Lipinski definition) is 3. The monoisotopic (exact) mass is 483 g/mol. The molecule has 1 aliphatic rings. The van der Waals surface area contributed by atoms with Crippen molar-refractivity contribution in [3.8, 4) is 0 Å². The van der Waals surface area contributed by atoms with Crippen LogP contribution in [0.2, 0.25) is 5.02 Å². The van der Waals surface area contributed by atoms with Crippen molar-refractivity contribution >= 4 is 51.7 Å². The second kappa shape index (κ2) is 8.73. The van der Waals surface area contributed by atoms with Gasteiger partial charge in [-0.3, -0.25) is 9.59 Å². The van der Waals surface area contributed by atoms with E-state index < -0.39 is 0 Å². The molecule has 0 atom stereocenters. The van der Waals surface area contributed by atoms with Crippen molar-refractivity contribution in [1.82, 2.24) is 10.2 Å². The Morgan fingerprint density at radius 3 is 2.42 bits per heavy atom. The van der Waals surface area contributed by atoms with Crippen LogP contribution in [0.25, 0.3) is 0 Å². The predicted molar refractivity (Wildman–Crippen MR) is 112 cm³/mol. The number of para-hydroxylation sites is 1. The standard InChI is InChI=1S/C19H19ClIN3O2/c20-14-6-7-17(21)16(12-14)19(26)22-13-18(25)24-10-8-23(9-11-24)15-4-2-1-3-5-15/h1-7,12H,8-11,13H2,(H,22,26). The molecule has 1 N–H and O–H groups in total. The van der Waals surface area contributed by atoms with E-state index in [0.29, 0.717) is 23.7 Å². The molecule has 3 rings (SSSR count). The molecule has 1 fully saturated rings. The largest absolute Gasteiger partial charge is 0.368 e. The first kappa shape index (κ1) is 19.0. The van der Waals surface area contributed by atoms with Gasteiger partial charge in [0.2, 0.25) is 5.91 Å². The lowest BCUT2D eigenvalue weighted by Crippen LogP contribution is -2.51. The van der Waals surface area contributed by atoms with Crippen LogP contribution in [-0.2, 0) is 4.79 Å². The van der Waals surface area contributed by atoms with E-state index in [-0.39, 0.29) is 18.4 Å². The Labute approximate surface area is 171 Å². The van der Waals surface area contributed by atoms with Crippen molar-refractivity contribution < 1.29 is 9.59 Å². The van der Waals surface area contributed by atoms with Gasteiger partial charge in [0.05, 0.1) is 12.1 Å². The van der Waals surface area contributed by atoms with E-state index in [2.05, 4.69) is 44.9 Å². The molecule has 0 unspecified atom stereocenters. The van der Waals surface area contributed by atoms with Crippen molar-refractivity contribution in [2.75, 3.05) is 37.6 Å². The van der Waals surface area contributed by atoms with Crippen molar-refractivity contribution in [2.24, 2.45) is 0 Å². The van der Waals surface area contributed by atoms with Gasteiger partial charge >= 0.3 is 0 Å². The average molecular weight is 484 g/mol. The highest BCUT2D eigenvalue weighted by Gasteiger charge is 2.22. The normalized spacial score (nSPS) is 14.2. The van der Waals surface area contributed by atoms with Crippen LogP contribution >= 0.6 is 34.2 Å². The number of amides is 2. The third-order valence-corrected chi connectivity index (χ3v) is 5.50. The van der Waals surface area contributed by atoms with E-state index in [0.717, 1.165) is 16.7 Å². The minimum atomic E-state index is -0.284. The number of anilines is 1. The molecule has 5 nitrogen and oxygen atoms in total. The lowest BCUT2D eigenvalue weighted by atomic mass is 10.2. The van der Waals surface area contributed by atoms with Gasteiger partial charge < -0.3 is 15.1 Å². The zero-order valence-electron chi connectivity index (χ0n) is 14.1. The molecule has 0 radical (unpaired) electrons. The molecule has 0 spiro atoms. The van der Waals surface area contributed by atoms with Gasteiger partial charge in [-0.1, -0.05) is 29.8 Å². The zero-order chi connectivity index (χ0) is 18.5. The number of halogens is 2. The summed E-state index contributed by atoms with van der Waals surface area (Å²) in [6.45, 7) is 2.87. The van der Waals surface area contributed by atoms with Crippen LogP contribution in [0.15, 0.2) is 48.5 Å². The summed E-state index contributed by atoms with van der Waals surface area (Å²) in [7, 11) is 0. The number of carbonyl (C=O) groups excluding carboxylic acids is 2. The second-order valence-corrected chi connectivity index (χ2v) is 7.61. The van der Waals surface area contributed by atoms with Gasteiger partial charge in [-0.2, -0.15) is 0 Å². The Morgan fingerprint density at radius 1 is 1.04 bits per heavy atom. The minimum Gasteiger partial charge on any atom is -0.368 e. The van der Waals surface area contributed by atoms with Gasteiger partial charge in [0.15, 0.2) is 0 Å². The highest BCUT2D eigenvalue weighted by Crippen LogP contribution is 2.18. The van der Waals surface area contributed by atoms with E-state index >= 15 is 0 Å². The Morgan fingerprint density at radius 2 is 1.73 bits per heavy atom. The first-order valence-corrected chi connectivity index (χ1v) is 9.81. The lowest BCUT2D eigenvalue weighted by molar-refractivity contribution is -0.130. The summed E-state index contributed by atoms with van der Waals surface area (Å²) >= 11 is 8.03. The van der Waals surface area contributed by atoms with E-state index in [1.165, 1.54) is 5.69 Å². The van der Waals surface area contributed by atoms with E-state index in [1.54, 1.807) is 23.1 Å². The first-order chi connectivity index (χ1) is 12.5. The Kier molecular flexibility index (Phi) is 6.37. The fraction of sp³-hybridized carbons (Fsp3) is 0.263. The Balaban J connectivity index is 1.50.